The summed E-state index contributed by atoms with van der Waals surface area (Å²) in [6, 6.07) is 3.57. The summed E-state index contributed by atoms with van der Waals surface area (Å²) in [5, 5.41) is 11.8. The summed E-state index contributed by atoms with van der Waals surface area (Å²) >= 11 is 0. The number of anilines is 1. The van der Waals surface area contributed by atoms with Gasteiger partial charge in [0.25, 0.3) is 0 Å². The van der Waals surface area contributed by atoms with Gasteiger partial charge in [-0.1, -0.05) is 20.8 Å². The topological polar surface area (TPSA) is 109 Å². The number of hydrogen-bond acceptors (Lipinski definition) is 6. The van der Waals surface area contributed by atoms with Crippen LogP contribution in [0.4, 0.5) is 23.7 Å². The van der Waals surface area contributed by atoms with E-state index in [-0.39, 0.29) is 24.1 Å². The van der Waals surface area contributed by atoms with Crippen molar-refractivity contribution < 1.29 is 37.0 Å². The van der Waals surface area contributed by atoms with Crippen LogP contribution in [-0.4, -0.2) is 41.8 Å². The number of nitrogens with zero attached hydrogens (tertiary/aromatic N) is 2. The van der Waals surface area contributed by atoms with Crippen molar-refractivity contribution in [2.45, 2.75) is 64.5 Å². The molecule has 3 heterocycles. The standard InChI is InChI=1S/C24H26F3N3O5/c1-21(2,3)11-34-20(33)29-15-9-22(4)16-17(23(15,5)35-22)19(32)30(18(16)31)13-7-6-12(10-28)14(8-13)24(25,26)27/h6-8,15-17H,9,11H2,1-5H3,(H,29,33)/t15-,16-,17+,22-,23+/m1/s1. The van der Waals surface area contributed by atoms with Crippen molar-refractivity contribution in [3.63, 3.8) is 0 Å². The highest BCUT2D eigenvalue weighted by Gasteiger charge is 2.76. The largest absolute Gasteiger partial charge is 0.449 e. The third-order valence-electron chi connectivity index (χ3n) is 6.95. The van der Waals surface area contributed by atoms with E-state index in [1.807, 2.05) is 20.8 Å². The number of nitriles is 1. The van der Waals surface area contributed by atoms with E-state index in [0.717, 1.165) is 17.0 Å². The summed E-state index contributed by atoms with van der Waals surface area (Å²) in [5.41, 5.74) is -4.73. The monoisotopic (exact) mass is 493 g/mol. The number of nitrogens with one attached hydrogen (secondary N) is 1. The van der Waals surface area contributed by atoms with E-state index in [1.165, 1.54) is 6.07 Å². The summed E-state index contributed by atoms with van der Waals surface area (Å²) < 4.78 is 51.9. The van der Waals surface area contributed by atoms with E-state index in [9.17, 15) is 27.6 Å². The van der Waals surface area contributed by atoms with Gasteiger partial charge in [-0.15, -0.1) is 0 Å². The zero-order valence-corrected chi connectivity index (χ0v) is 19.9. The first-order valence-electron chi connectivity index (χ1n) is 11.1. The Bertz CT molecular complexity index is 1150. The predicted octanol–water partition coefficient (Wildman–Crippen LogP) is 3.77. The summed E-state index contributed by atoms with van der Waals surface area (Å²) in [4.78, 5) is 40.0. The Balaban J connectivity index is 1.64. The van der Waals surface area contributed by atoms with E-state index in [2.05, 4.69) is 5.32 Å². The fourth-order valence-electron chi connectivity index (χ4n) is 5.47. The van der Waals surface area contributed by atoms with E-state index in [4.69, 9.17) is 14.7 Å². The second kappa shape index (κ2) is 7.68. The van der Waals surface area contributed by atoms with Crippen LogP contribution in [0.2, 0.25) is 0 Å². The molecule has 188 valence electrons. The van der Waals surface area contributed by atoms with Crippen molar-refractivity contribution in [3.05, 3.63) is 29.3 Å². The molecule has 4 rings (SSSR count). The smallest absolute Gasteiger partial charge is 0.417 e. The molecule has 0 unspecified atom stereocenters. The fraction of sp³-hybridized carbons (Fsp3) is 0.583. The third kappa shape index (κ3) is 3.93. The van der Waals surface area contributed by atoms with Crippen LogP contribution >= 0.6 is 0 Å². The number of carbonyl (C=O) groups is 3. The number of ether oxygens (including phenoxy) is 2. The Hall–Kier alpha value is -3.13. The zero-order chi connectivity index (χ0) is 26.1. The Kier molecular flexibility index (Phi) is 5.48. The molecule has 5 atom stereocenters. The maximum absolute atomic E-state index is 13.5. The molecule has 35 heavy (non-hydrogen) atoms. The molecule has 3 aliphatic rings. The van der Waals surface area contributed by atoms with Crippen LogP contribution in [0.3, 0.4) is 0 Å². The van der Waals surface area contributed by atoms with E-state index >= 15 is 0 Å². The average molecular weight is 493 g/mol. The number of alkyl carbamates (subject to hydrolysis) is 1. The Morgan fingerprint density at radius 2 is 1.86 bits per heavy atom. The van der Waals surface area contributed by atoms with Crippen molar-refractivity contribution >= 4 is 23.6 Å². The van der Waals surface area contributed by atoms with E-state index in [1.54, 1.807) is 13.8 Å². The molecule has 1 N–H and O–H groups in total. The summed E-state index contributed by atoms with van der Waals surface area (Å²) in [5.74, 6) is -3.31. The van der Waals surface area contributed by atoms with Gasteiger partial charge in [0.2, 0.25) is 11.8 Å². The molecule has 3 saturated heterocycles. The van der Waals surface area contributed by atoms with Gasteiger partial charge in [-0.05, 0) is 37.5 Å². The molecule has 1 aromatic rings. The molecule has 3 fully saturated rings. The predicted molar refractivity (Wildman–Crippen MR) is 116 cm³/mol. The van der Waals surface area contributed by atoms with Crippen molar-refractivity contribution in [3.8, 4) is 6.07 Å². The van der Waals surface area contributed by atoms with Gasteiger partial charge in [0.15, 0.2) is 0 Å². The summed E-state index contributed by atoms with van der Waals surface area (Å²) in [6.07, 6.45) is -5.30. The van der Waals surface area contributed by atoms with Crippen LogP contribution in [-0.2, 0) is 25.2 Å². The molecular formula is C24H26F3N3O5. The number of hydrogen-bond donors (Lipinski definition) is 1. The molecule has 0 radical (unpaired) electrons. The first-order chi connectivity index (χ1) is 16.0. The maximum Gasteiger partial charge on any atom is 0.417 e. The number of fused-ring (bicyclic) bond motifs is 5. The lowest BCUT2D eigenvalue weighted by molar-refractivity contribution is -0.138. The van der Waals surface area contributed by atoms with Gasteiger partial charge >= 0.3 is 12.3 Å². The number of rotatable bonds is 3. The Labute approximate surface area is 200 Å². The molecule has 3 aliphatic heterocycles. The highest BCUT2D eigenvalue weighted by atomic mass is 19.4. The number of halogens is 3. The highest BCUT2D eigenvalue weighted by molar-refractivity contribution is 6.23. The third-order valence-corrected chi connectivity index (χ3v) is 6.95. The fourth-order valence-corrected chi connectivity index (χ4v) is 5.47. The number of carbonyl (C=O) groups excluding carboxylic acids is 3. The second-order valence-electron chi connectivity index (χ2n) is 10.9. The van der Waals surface area contributed by atoms with Crippen molar-refractivity contribution in [2.75, 3.05) is 11.5 Å². The molecule has 0 aliphatic carbocycles. The number of alkyl halides is 3. The Morgan fingerprint density at radius 1 is 1.23 bits per heavy atom. The van der Waals surface area contributed by atoms with E-state index in [0.29, 0.717) is 6.07 Å². The summed E-state index contributed by atoms with van der Waals surface area (Å²) in [7, 11) is 0. The molecule has 0 spiro atoms. The Morgan fingerprint density at radius 3 is 2.43 bits per heavy atom. The van der Waals surface area contributed by atoms with Crippen LogP contribution in [0.1, 0.15) is 52.2 Å². The van der Waals surface area contributed by atoms with Crippen molar-refractivity contribution in [1.29, 1.82) is 5.26 Å². The quantitative estimate of drug-likeness (QED) is 0.642. The number of benzene rings is 1. The van der Waals surface area contributed by atoms with Gasteiger partial charge in [-0.25, -0.2) is 9.69 Å². The number of amides is 3. The molecule has 0 aromatic heterocycles. The normalized spacial score (nSPS) is 32.0. The maximum atomic E-state index is 13.5. The average Bonchev–Trinajstić information content (AvgIpc) is 3.25. The van der Waals surface area contributed by atoms with E-state index < -0.39 is 64.3 Å². The molecule has 3 amide bonds. The molecule has 0 saturated carbocycles. The lowest BCUT2D eigenvalue weighted by atomic mass is 9.66. The van der Waals surface area contributed by atoms with Crippen LogP contribution in [0.25, 0.3) is 0 Å². The molecule has 2 bridgehead atoms. The minimum absolute atomic E-state index is 0.165. The molecule has 8 nitrogen and oxygen atoms in total. The van der Waals surface area contributed by atoms with Gasteiger partial charge in [0.05, 0.1) is 58.6 Å². The molecule has 11 heteroatoms. The molecular weight excluding hydrogens is 467 g/mol. The van der Waals surface area contributed by atoms with Gasteiger partial charge in [0.1, 0.15) is 0 Å². The van der Waals surface area contributed by atoms with Gasteiger partial charge in [-0.2, -0.15) is 18.4 Å². The SMILES string of the molecule is CC(C)(C)COC(=O)N[C@@H]1C[C@@]2(C)O[C@]1(C)[C@@H]1C(=O)N(c3ccc(C#N)c(C(F)(F)F)c3)C(=O)[C@@H]12. The first-order valence-corrected chi connectivity index (χ1v) is 11.1. The van der Waals surface area contributed by atoms with Crippen LogP contribution in [0.15, 0.2) is 18.2 Å². The first kappa shape index (κ1) is 25.0. The minimum atomic E-state index is -4.84. The minimum Gasteiger partial charge on any atom is -0.449 e. The highest BCUT2D eigenvalue weighted by Crippen LogP contribution is 2.61. The van der Waals surface area contributed by atoms with Crippen LogP contribution in [0, 0.1) is 28.6 Å². The van der Waals surface area contributed by atoms with Crippen molar-refractivity contribution in [2.24, 2.45) is 17.3 Å². The molecule has 1 aromatic carbocycles. The van der Waals surface area contributed by atoms with Gasteiger partial charge < -0.3 is 14.8 Å². The number of imide groups is 1. The van der Waals surface area contributed by atoms with Gasteiger partial charge in [-0.3, -0.25) is 9.59 Å². The second-order valence-corrected chi connectivity index (χ2v) is 10.9. The van der Waals surface area contributed by atoms with Crippen molar-refractivity contribution in [1.82, 2.24) is 5.32 Å². The summed E-state index contributed by atoms with van der Waals surface area (Å²) in [6.45, 7) is 9.15. The van der Waals surface area contributed by atoms with Crippen LogP contribution < -0.4 is 10.2 Å². The van der Waals surface area contributed by atoms with Crippen LogP contribution in [0.5, 0.6) is 0 Å². The lowest BCUT2D eigenvalue weighted by Crippen LogP contribution is -2.56. The zero-order valence-electron chi connectivity index (χ0n) is 19.9. The van der Waals surface area contributed by atoms with Gasteiger partial charge in [0, 0.05) is 6.42 Å². The lowest BCUT2D eigenvalue weighted by Gasteiger charge is -2.35.